The molecule has 11 heavy (non-hydrogen) atoms. The zero-order valence-corrected chi connectivity index (χ0v) is 6.36. The van der Waals surface area contributed by atoms with Crippen LogP contribution >= 0.6 is 0 Å². The summed E-state index contributed by atoms with van der Waals surface area (Å²) in [7, 11) is 0. The highest BCUT2D eigenvalue weighted by molar-refractivity contribution is 5.15. The summed E-state index contributed by atoms with van der Waals surface area (Å²) in [6.45, 7) is 1.63. The number of rotatable bonds is 2. The molecular weight excluding hydrogens is 142 g/mol. The summed E-state index contributed by atoms with van der Waals surface area (Å²) in [4.78, 5) is 3.90. The van der Waals surface area contributed by atoms with Crippen molar-refractivity contribution in [2.24, 2.45) is 0 Å². The van der Waals surface area contributed by atoms with Crippen molar-refractivity contribution in [1.29, 1.82) is 0 Å². The molecule has 2 N–H and O–H groups in total. The molecule has 0 saturated carbocycles. The highest BCUT2D eigenvalue weighted by atomic mass is 16.3. The van der Waals surface area contributed by atoms with E-state index in [1.54, 1.807) is 12.3 Å². The van der Waals surface area contributed by atoms with Gasteiger partial charge in [-0.05, 0) is 24.6 Å². The Balaban J connectivity index is 2.86. The first-order valence-electron chi connectivity index (χ1n) is 3.45. The number of aliphatic hydroxyl groups is 2. The van der Waals surface area contributed by atoms with E-state index in [2.05, 4.69) is 4.98 Å². The van der Waals surface area contributed by atoms with Gasteiger partial charge in [-0.3, -0.25) is 4.98 Å². The topological polar surface area (TPSA) is 53.4 Å². The van der Waals surface area contributed by atoms with Crippen molar-refractivity contribution in [2.75, 3.05) is 6.61 Å². The van der Waals surface area contributed by atoms with E-state index in [9.17, 15) is 0 Å². The molecule has 0 aliphatic carbocycles. The van der Waals surface area contributed by atoms with Crippen LogP contribution in [0.25, 0.3) is 0 Å². The Labute approximate surface area is 65.3 Å². The first kappa shape index (κ1) is 8.17. The van der Waals surface area contributed by atoms with Crippen molar-refractivity contribution in [1.82, 2.24) is 4.98 Å². The predicted octanol–water partition coefficient (Wildman–Crippen LogP) is 0.416. The molecule has 0 radical (unpaired) electrons. The molecule has 3 heteroatoms. The molecule has 1 unspecified atom stereocenters. The first-order valence-corrected chi connectivity index (χ1v) is 3.45. The number of hydrogen-bond donors (Lipinski definition) is 2. The van der Waals surface area contributed by atoms with Crippen molar-refractivity contribution in [3.63, 3.8) is 0 Å². The van der Waals surface area contributed by atoms with Crippen molar-refractivity contribution in [2.45, 2.75) is 13.0 Å². The average molecular weight is 153 g/mol. The molecule has 0 saturated heterocycles. The third-order valence-corrected chi connectivity index (χ3v) is 1.45. The van der Waals surface area contributed by atoms with E-state index in [4.69, 9.17) is 10.2 Å². The van der Waals surface area contributed by atoms with Crippen LogP contribution in [0.3, 0.4) is 0 Å². The van der Waals surface area contributed by atoms with Gasteiger partial charge in [0.25, 0.3) is 0 Å². The molecule has 1 atom stereocenters. The lowest BCUT2D eigenvalue weighted by Gasteiger charge is -2.05. The van der Waals surface area contributed by atoms with Gasteiger partial charge in [-0.1, -0.05) is 0 Å². The summed E-state index contributed by atoms with van der Waals surface area (Å²) in [6, 6.07) is 3.59. The summed E-state index contributed by atoms with van der Waals surface area (Å²) in [5, 5.41) is 17.7. The second kappa shape index (κ2) is 3.46. The Hall–Kier alpha value is -0.930. The van der Waals surface area contributed by atoms with Gasteiger partial charge in [0.15, 0.2) is 0 Å². The number of pyridine rings is 1. The third kappa shape index (κ3) is 2.00. The minimum atomic E-state index is -0.852. The molecule has 1 rings (SSSR count). The molecule has 60 valence electrons. The minimum Gasteiger partial charge on any atom is -0.393 e. The molecule has 0 aliphatic rings. The maximum Gasteiger partial charge on any atom is 0.119 e. The maximum atomic E-state index is 9.14. The number of hydrogen-bond acceptors (Lipinski definition) is 3. The minimum absolute atomic E-state index is 0.281. The predicted molar refractivity (Wildman–Crippen MR) is 41.0 cm³/mol. The number of aliphatic hydroxyl groups excluding tert-OH is 2. The number of aromatic nitrogens is 1. The van der Waals surface area contributed by atoms with Crippen LogP contribution in [0.1, 0.15) is 17.4 Å². The van der Waals surface area contributed by atoms with E-state index >= 15 is 0 Å². The van der Waals surface area contributed by atoms with E-state index in [1.807, 2.05) is 13.0 Å². The molecule has 0 bridgehead atoms. The van der Waals surface area contributed by atoms with E-state index in [1.165, 1.54) is 0 Å². The molecule has 0 spiro atoms. The van der Waals surface area contributed by atoms with E-state index in [0.717, 1.165) is 5.56 Å². The summed E-state index contributed by atoms with van der Waals surface area (Å²) < 4.78 is 0. The van der Waals surface area contributed by atoms with Gasteiger partial charge >= 0.3 is 0 Å². The van der Waals surface area contributed by atoms with Crippen LogP contribution in [-0.2, 0) is 0 Å². The summed E-state index contributed by atoms with van der Waals surface area (Å²) in [5.41, 5.74) is 1.55. The molecule has 0 aromatic carbocycles. The largest absolute Gasteiger partial charge is 0.393 e. The fraction of sp³-hybridized carbons (Fsp3) is 0.375. The highest BCUT2D eigenvalue weighted by Crippen LogP contribution is 2.09. The quantitative estimate of drug-likeness (QED) is 0.647. The fourth-order valence-corrected chi connectivity index (χ4v) is 0.835. The normalized spacial score (nSPS) is 13.0. The van der Waals surface area contributed by atoms with Gasteiger partial charge in [-0.15, -0.1) is 0 Å². The Bertz CT molecular complexity index is 237. The standard InChI is InChI=1S/C8H11NO2/c1-6-2-3-9-7(4-6)8(11)5-10/h2-4,8,10-11H,5H2,1H3. The summed E-state index contributed by atoms with van der Waals surface area (Å²) in [5.74, 6) is 0. The van der Waals surface area contributed by atoms with Crippen molar-refractivity contribution in [3.8, 4) is 0 Å². The van der Waals surface area contributed by atoms with Gasteiger partial charge in [0.05, 0.1) is 12.3 Å². The van der Waals surface area contributed by atoms with E-state index in [0.29, 0.717) is 5.69 Å². The molecule has 0 aliphatic heterocycles. The van der Waals surface area contributed by atoms with Crippen LogP contribution in [0.2, 0.25) is 0 Å². The first-order chi connectivity index (χ1) is 5.24. The van der Waals surface area contributed by atoms with E-state index < -0.39 is 6.10 Å². The molecule has 0 amide bonds. The Morgan fingerprint density at radius 1 is 1.64 bits per heavy atom. The van der Waals surface area contributed by atoms with E-state index in [-0.39, 0.29) is 6.61 Å². The summed E-state index contributed by atoms with van der Waals surface area (Å²) in [6.07, 6.45) is 0.763. The van der Waals surface area contributed by atoms with Crippen LogP contribution < -0.4 is 0 Å². The zero-order valence-electron chi connectivity index (χ0n) is 6.36. The second-order valence-corrected chi connectivity index (χ2v) is 2.46. The monoisotopic (exact) mass is 153 g/mol. The van der Waals surface area contributed by atoms with Gasteiger partial charge in [0.2, 0.25) is 0 Å². The molecule has 1 aromatic rings. The van der Waals surface area contributed by atoms with Crippen LogP contribution in [0.15, 0.2) is 18.3 Å². The Morgan fingerprint density at radius 3 is 2.91 bits per heavy atom. The average Bonchev–Trinajstić information content (AvgIpc) is 2.03. The molecule has 3 nitrogen and oxygen atoms in total. The van der Waals surface area contributed by atoms with Crippen molar-refractivity contribution in [3.05, 3.63) is 29.6 Å². The van der Waals surface area contributed by atoms with Gasteiger partial charge in [-0.25, -0.2) is 0 Å². The lowest BCUT2D eigenvalue weighted by Crippen LogP contribution is -2.04. The Kier molecular flexibility index (Phi) is 2.57. The number of nitrogens with zero attached hydrogens (tertiary/aromatic N) is 1. The van der Waals surface area contributed by atoms with Crippen molar-refractivity contribution >= 4 is 0 Å². The van der Waals surface area contributed by atoms with Crippen LogP contribution in [0.5, 0.6) is 0 Å². The lowest BCUT2D eigenvalue weighted by atomic mass is 10.2. The second-order valence-electron chi connectivity index (χ2n) is 2.46. The maximum absolute atomic E-state index is 9.14. The van der Waals surface area contributed by atoms with Crippen molar-refractivity contribution < 1.29 is 10.2 Å². The van der Waals surface area contributed by atoms with Crippen LogP contribution in [0.4, 0.5) is 0 Å². The molecule has 1 heterocycles. The van der Waals surface area contributed by atoms with Gasteiger partial charge in [-0.2, -0.15) is 0 Å². The molecule has 0 fully saturated rings. The Morgan fingerprint density at radius 2 is 2.36 bits per heavy atom. The molecule has 1 aromatic heterocycles. The third-order valence-electron chi connectivity index (χ3n) is 1.45. The highest BCUT2D eigenvalue weighted by Gasteiger charge is 2.05. The number of aryl methyl sites for hydroxylation is 1. The van der Waals surface area contributed by atoms with Gasteiger partial charge in [0.1, 0.15) is 6.10 Å². The molecular formula is C8H11NO2. The van der Waals surface area contributed by atoms with Gasteiger partial charge in [0, 0.05) is 6.20 Å². The summed E-state index contributed by atoms with van der Waals surface area (Å²) >= 11 is 0. The fourth-order valence-electron chi connectivity index (χ4n) is 0.835. The SMILES string of the molecule is Cc1ccnc(C(O)CO)c1. The van der Waals surface area contributed by atoms with Crippen LogP contribution in [-0.4, -0.2) is 21.8 Å². The van der Waals surface area contributed by atoms with Gasteiger partial charge < -0.3 is 10.2 Å². The lowest BCUT2D eigenvalue weighted by molar-refractivity contribution is 0.0922. The van der Waals surface area contributed by atoms with Crippen LogP contribution in [0, 0.1) is 6.92 Å². The smallest absolute Gasteiger partial charge is 0.119 e. The zero-order chi connectivity index (χ0) is 8.27.